The molecule has 2 heteroatoms. The third kappa shape index (κ3) is 1.87. The standard InChI is InChI=1S/C14H15NO/c16-12-7-6-11(8-12)15-14-9-13(14)10-4-2-1-3-5-10/h1-5,8,13-15H,6-7,9H2. The van der Waals surface area contributed by atoms with Gasteiger partial charge in [0.15, 0.2) is 5.78 Å². The molecule has 0 aromatic heterocycles. The van der Waals surface area contributed by atoms with Crippen LogP contribution in [0.3, 0.4) is 0 Å². The quantitative estimate of drug-likeness (QED) is 0.835. The SMILES string of the molecule is O=C1C=C(NC2CC2c2ccccc2)CC1. The molecule has 1 saturated carbocycles. The van der Waals surface area contributed by atoms with Gasteiger partial charge in [-0.2, -0.15) is 0 Å². The van der Waals surface area contributed by atoms with Gasteiger partial charge in [0.2, 0.25) is 0 Å². The Morgan fingerprint density at radius 3 is 2.62 bits per heavy atom. The predicted octanol–water partition coefficient (Wildman–Crippen LogP) is 2.38. The summed E-state index contributed by atoms with van der Waals surface area (Å²) in [4.78, 5) is 11.1. The van der Waals surface area contributed by atoms with E-state index >= 15 is 0 Å². The fourth-order valence-electron chi connectivity index (χ4n) is 2.37. The average Bonchev–Trinajstić information content (AvgIpc) is 2.95. The number of allylic oxidation sites excluding steroid dienone is 2. The molecule has 82 valence electrons. The lowest BCUT2D eigenvalue weighted by Crippen LogP contribution is -2.15. The Morgan fingerprint density at radius 2 is 1.94 bits per heavy atom. The van der Waals surface area contributed by atoms with E-state index in [0.29, 0.717) is 18.4 Å². The summed E-state index contributed by atoms with van der Waals surface area (Å²) >= 11 is 0. The van der Waals surface area contributed by atoms with Gasteiger partial charge in [-0.05, 0) is 18.4 Å². The maximum absolute atomic E-state index is 11.1. The summed E-state index contributed by atoms with van der Waals surface area (Å²) in [6.45, 7) is 0. The Kier molecular flexibility index (Phi) is 2.28. The van der Waals surface area contributed by atoms with Crippen LogP contribution in [-0.4, -0.2) is 11.8 Å². The second-order valence-corrected chi connectivity index (χ2v) is 4.64. The number of benzene rings is 1. The van der Waals surface area contributed by atoms with E-state index in [1.807, 2.05) is 6.07 Å². The zero-order chi connectivity index (χ0) is 11.0. The van der Waals surface area contributed by atoms with Crippen LogP contribution in [0.2, 0.25) is 0 Å². The monoisotopic (exact) mass is 213 g/mol. The van der Waals surface area contributed by atoms with E-state index in [4.69, 9.17) is 0 Å². The lowest BCUT2D eigenvalue weighted by atomic mass is 10.1. The molecule has 2 atom stereocenters. The van der Waals surface area contributed by atoms with Gasteiger partial charge in [0.1, 0.15) is 0 Å². The lowest BCUT2D eigenvalue weighted by Gasteiger charge is -2.05. The number of carbonyl (C=O) groups excluding carboxylic acids is 1. The van der Waals surface area contributed by atoms with Crippen LogP contribution in [0.5, 0.6) is 0 Å². The van der Waals surface area contributed by atoms with E-state index < -0.39 is 0 Å². The van der Waals surface area contributed by atoms with E-state index in [9.17, 15) is 4.79 Å². The molecule has 0 bridgehead atoms. The van der Waals surface area contributed by atoms with E-state index in [2.05, 4.69) is 29.6 Å². The Bertz CT molecular complexity index is 435. The first kappa shape index (κ1) is 9.64. The predicted molar refractivity (Wildman–Crippen MR) is 63.0 cm³/mol. The molecule has 1 fully saturated rings. The second kappa shape index (κ2) is 3.78. The number of hydrogen-bond acceptors (Lipinski definition) is 2. The van der Waals surface area contributed by atoms with E-state index in [0.717, 1.165) is 12.1 Å². The van der Waals surface area contributed by atoms with Gasteiger partial charge in [0, 0.05) is 30.2 Å². The molecule has 2 nitrogen and oxygen atoms in total. The number of carbonyl (C=O) groups is 1. The molecule has 0 saturated heterocycles. The van der Waals surface area contributed by atoms with Crippen molar-refractivity contribution in [1.82, 2.24) is 5.32 Å². The highest BCUT2D eigenvalue weighted by molar-refractivity contribution is 5.92. The van der Waals surface area contributed by atoms with Gasteiger partial charge in [-0.25, -0.2) is 0 Å². The Balaban J connectivity index is 1.61. The first-order chi connectivity index (χ1) is 7.83. The molecular weight excluding hydrogens is 198 g/mol. The Hall–Kier alpha value is -1.57. The molecule has 1 aromatic rings. The van der Waals surface area contributed by atoms with Gasteiger partial charge in [-0.15, -0.1) is 0 Å². The van der Waals surface area contributed by atoms with Crippen LogP contribution in [-0.2, 0) is 4.79 Å². The van der Waals surface area contributed by atoms with Crippen molar-refractivity contribution >= 4 is 5.78 Å². The molecule has 0 aliphatic heterocycles. The van der Waals surface area contributed by atoms with Crippen LogP contribution in [0.25, 0.3) is 0 Å². The average molecular weight is 213 g/mol. The zero-order valence-corrected chi connectivity index (χ0v) is 9.15. The summed E-state index contributed by atoms with van der Waals surface area (Å²) in [7, 11) is 0. The molecule has 3 rings (SSSR count). The minimum absolute atomic E-state index is 0.263. The van der Waals surface area contributed by atoms with Crippen LogP contribution in [0.15, 0.2) is 42.1 Å². The molecule has 1 N–H and O–H groups in total. The van der Waals surface area contributed by atoms with Crippen molar-refractivity contribution in [3.8, 4) is 0 Å². The highest BCUT2D eigenvalue weighted by Gasteiger charge is 2.38. The first-order valence-corrected chi connectivity index (χ1v) is 5.88. The maximum Gasteiger partial charge on any atom is 0.157 e. The van der Waals surface area contributed by atoms with Crippen molar-refractivity contribution in [2.75, 3.05) is 0 Å². The topological polar surface area (TPSA) is 29.1 Å². The molecule has 0 radical (unpaired) electrons. The summed E-state index contributed by atoms with van der Waals surface area (Å²) in [5, 5.41) is 3.47. The van der Waals surface area contributed by atoms with Crippen LogP contribution in [0, 0.1) is 0 Å². The number of rotatable bonds is 3. The van der Waals surface area contributed by atoms with Gasteiger partial charge >= 0.3 is 0 Å². The maximum atomic E-state index is 11.1. The molecule has 16 heavy (non-hydrogen) atoms. The summed E-state index contributed by atoms with van der Waals surface area (Å²) in [5.74, 6) is 0.900. The van der Waals surface area contributed by atoms with Crippen molar-refractivity contribution in [3.05, 3.63) is 47.7 Å². The molecule has 2 aliphatic carbocycles. The molecule has 2 unspecified atom stereocenters. The summed E-state index contributed by atoms with van der Waals surface area (Å²) < 4.78 is 0. The lowest BCUT2D eigenvalue weighted by molar-refractivity contribution is -0.114. The van der Waals surface area contributed by atoms with Crippen LogP contribution in [0.4, 0.5) is 0 Å². The Morgan fingerprint density at radius 1 is 1.12 bits per heavy atom. The van der Waals surface area contributed by atoms with E-state index in [-0.39, 0.29) is 5.78 Å². The highest BCUT2D eigenvalue weighted by atomic mass is 16.1. The van der Waals surface area contributed by atoms with Crippen molar-refractivity contribution in [2.24, 2.45) is 0 Å². The van der Waals surface area contributed by atoms with Crippen LogP contribution >= 0.6 is 0 Å². The van der Waals surface area contributed by atoms with Gasteiger partial charge in [0.05, 0.1) is 0 Å². The van der Waals surface area contributed by atoms with Gasteiger partial charge < -0.3 is 5.32 Å². The third-order valence-electron chi connectivity index (χ3n) is 3.36. The summed E-state index contributed by atoms with van der Waals surface area (Å²) in [5.41, 5.74) is 2.54. The minimum atomic E-state index is 0.263. The van der Waals surface area contributed by atoms with Gasteiger partial charge in [0.25, 0.3) is 0 Å². The normalized spacial score (nSPS) is 27.8. The number of hydrogen-bond donors (Lipinski definition) is 1. The van der Waals surface area contributed by atoms with Gasteiger partial charge in [-0.3, -0.25) is 4.79 Å². The number of nitrogens with one attached hydrogen (secondary N) is 1. The highest BCUT2D eigenvalue weighted by Crippen LogP contribution is 2.41. The second-order valence-electron chi connectivity index (χ2n) is 4.64. The van der Waals surface area contributed by atoms with E-state index in [1.54, 1.807) is 6.08 Å². The fraction of sp³-hybridized carbons (Fsp3) is 0.357. The van der Waals surface area contributed by atoms with Gasteiger partial charge in [-0.1, -0.05) is 30.3 Å². The molecule has 0 spiro atoms. The van der Waals surface area contributed by atoms with Crippen molar-refractivity contribution < 1.29 is 4.79 Å². The summed E-state index contributed by atoms with van der Waals surface area (Å²) in [6.07, 6.45) is 4.54. The molecule has 0 amide bonds. The van der Waals surface area contributed by atoms with Crippen LogP contribution < -0.4 is 5.32 Å². The zero-order valence-electron chi connectivity index (χ0n) is 9.15. The van der Waals surface area contributed by atoms with Crippen molar-refractivity contribution in [1.29, 1.82) is 0 Å². The molecule has 1 aromatic carbocycles. The van der Waals surface area contributed by atoms with E-state index in [1.165, 1.54) is 12.0 Å². The molecule has 0 heterocycles. The summed E-state index contributed by atoms with van der Waals surface area (Å²) in [6, 6.07) is 11.1. The smallest absolute Gasteiger partial charge is 0.157 e. The van der Waals surface area contributed by atoms with Crippen LogP contribution in [0.1, 0.15) is 30.7 Å². The number of ketones is 1. The third-order valence-corrected chi connectivity index (χ3v) is 3.36. The molecule has 2 aliphatic rings. The fourth-order valence-corrected chi connectivity index (χ4v) is 2.37. The van der Waals surface area contributed by atoms with Crippen molar-refractivity contribution in [2.45, 2.75) is 31.2 Å². The molecular formula is C14H15NO. The largest absolute Gasteiger partial charge is 0.385 e. The Labute approximate surface area is 95.4 Å². The van der Waals surface area contributed by atoms with Crippen molar-refractivity contribution in [3.63, 3.8) is 0 Å². The first-order valence-electron chi connectivity index (χ1n) is 5.88. The minimum Gasteiger partial charge on any atom is -0.385 e.